The second-order valence-corrected chi connectivity index (χ2v) is 5.29. The first kappa shape index (κ1) is 15.2. The first-order valence-electron chi connectivity index (χ1n) is 4.77. The number of nitrogens with one attached hydrogen (secondary N) is 1. The van der Waals surface area contributed by atoms with E-state index in [0.717, 1.165) is 0 Å². The van der Waals surface area contributed by atoms with Crippen LogP contribution in [0.25, 0.3) is 0 Å². The van der Waals surface area contributed by atoms with E-state index in [-0.39, 0.29) is 35.4 Å². The van der Waals surface area contributed by atoms with Gasteiger partial charge in [0.15, 0.2) is 0 Å². The maximum Gasteiger partial charge on any atom is 0.441 e. The number of benzene rings is 1. The van der Waals surface area contributed by atoms with Crippen LogP contribution in [0.5, 0.6) is 5.75 Å². The molecule has 0 atom stereocenters. The molecule has 18 heavy (non-hydrogen) atoms. The summed E-state index contributed by atoms with van der Waals surface area (Å²) in [5.74, 6) is -1.11. The van der Waals surface area contributed by atoms with Gasteiger partial charge >= 0.3 is 5.51 Å². The van der Waals surface area contributed by atoms with E-state index < -0.39 is 11.4 Å². The van der Waals surface area contributed by atoms with E-state index in [4.69, 9.17) is 0 Å². The molecule has 0 aliphatic heterocycles. The van der Waals surface area contributed by atoms with Gasteiger partial charge in [-0.3, -0.25) is 4.79 Å². The SMILES string of the molecule is O=C(NCCSC(F)(F)F)c1ccc(Br)cc1O. The summed E-state index contributed by atoms with van der Waals surface area (Å²) >= 11 is 2.90. The van der Waals surface area contributed by atoms with Gasteiger partial charge in [-0.2, -0.15) is 13.2 Å². The summed E-state index contributed by atoms with van der Waals surface area (Å²) in [5, 5.41) is 11.8. The molecule has 0 radical (unpaired) electrons. The van der Waals surface area contributed by atoms with Crippen molar-refractivity contribution in [3.8, 4) is 5.75 Å². The van der Waals surface area contributed by atoms with Gasteiger partial charge in [0.1, 0.15) is 5.75 Å². The Morgan fingerprint density at radius 3 is 2.67 bits per heavy atom. The highest BCUT2D eigenvalue weighted by Gasteiger charge is 2.27. The molecule has 100 valence electrons. The van der Waals surface area contributed by atoms with Crippen molar-refractivity contribution in [2.75, 3.05) is 12.3 Å². The summed E-state index contributed by atoms with van der Waals surface area (Å²) in [6, 6.07) is 4.27. The molecule has 0 saturated heterocycles. The Kier molecular flexibility index (Phi) is 5.33. The zero-order chi connectivity index (χ0) is 13.8. The molecule has 0 spiro atoms. The van der Waals surface area contributed by atoms with Gasteiger partial charge in [-0.25, -0.2) is 0 Å². The Labute approximate surface area is 114 Å². The van der Waals surface area contributed by atoms with Gasteiger partial charge in [0.05, 0.1) is 5.56 Å². The number of hydrogen-bond acceptors (Lipinski definition) is 3. The molecule has 1 rings (SSSR count). The third kappa shape index (κ3) is 5.18. The second-order valence-electron chi connectivity index (χ2n) is 3.21. The number of rotatable bonds is 4. The molecule has 0 fully saturated rings. The molecule has 0 aromatic heterocycles. The maximum atomic E-state index is 11.8. The predicted octanol–water partition coefficient (Wildman–Crippen LogP) is 3.14. The lowest BCUT2D eigenvalue weighted by molar-refractivity contribution is -0.0327. The molecular formula is C10H9BrF3NO2S. The highest BCUT2D eigenvalue weighted by atomic mass is 79.9. The van der Waals surface area contributed by atoms with Gasteiger partial charge in [-0.1, -0.05) is 15.9 Å². The molecule has 0 bridgehead atoms. The quantitative estimate of drug-likeness (QED) is 0.825. The molecule has 1 aromatic rings. The third-order valence-electron chi connectivity index (χ3n) is 1.86. The lowest BCUT2D eigenvalue weighted by Gasteiger charge is -2.08. The van der Waals surface area contributed by atoms with Gasteiger partial charge < -0.3 is 10.4 Å². The predicted molar refractivity (Wildman–Crippen MR) is 66.7 cm³/mol. The molecule has 1 aromatic carbocycles. The smallest absolute Gasteiger partial charge is 0.441 e. The fourth-order valence-corrected chi connectivity index (χ4v) is 1.91. The molecule has 2 N–H and O–H groups in total. The average molecular weight is 344 g/mol. The minimum absolute atomic E-state index is 0.0233. The number of carbonyl (C=O) groups excluding carboxylic acids is 1. The van der Waals surface area contributed by atoms with Crippen molar-refractivity contribution in [3.05, 3.63) is 28.2 Å². The normalized spacial score (nSPS) is 11.3. The fourth-order valence-electron chi connectivity index (χ4n) is 1.12. The van der Waals surface area contributed by atoms with E-state index >= 15 is 0 Å². The minimum atomic E-state index is -4.30. The van der Waals surface area contributed by atoms with Gasteiger partial charge in [-0.05, 0) is 30.0 Å². The molecule has 0 saturated carbocycles. The highest BCUT2D eigenvalue weighted by molar-refractivity contribution is 9.10. The number of amides is 1. The molecular weight excluding hydrogens is 335 g/mol. The molecule has 1 amide bonds. The Hall–Kier alpha value is -0.890. The molecule has 0 unspecified atom stereocenters. The largest absolute Gasteiger partial charge is 0.507 e. The summed E-state index contributed by atoms with van der Waals surface area (Å²) < 4.78 is 36.1. The lowest BCUT2D eigenvalue weighted by Crippen LogP contribution is -2.26. The number of alkyl halides is 3. The number of aromatic hydroxyl groups is 1. The van der Waals surface area contributed by atoms with Gasteiger partial charge in [0.2, 0.25) is 0 Å². The zero-order valence-electron chi connectivity index (χ0n) is 8.92. The van der Waals surface area contributed by atoms with E-state index in [1.165, 1.54) is 12.1 Å². The van der Waals surface area contributed by atoms with Crippen molar-refractivity contribution in [1.29, 1.82) is 0 Å². The van der Waals surface area contributed by atoms with Crippen LogP contribution >= 0.6 is 27.7 Å². The summed E-state index contributed by atoms with van der Waals surface area (Å²) in [7, 11) is 0. The Bertz CT molecular complexity index is 440. The van der Waals surface area contributed by atoms with Crippen LogP contribution in [0.3, 0.4) is 0 Å². The Balaban J connectivity index is 2.46. The van der Waals surface area contributed by atoms with Crippen LogP contribution < -0.4 is 5.32 Å². The monoisotopic (exact) mass is 343 g/mol. The number of phenolic OH excluding ortho intramolecular Hbond substituents is 1. The van der Waals surface area contributed by atoms with Crippen molar-refractivity contribution in [1.82, 2.24) is 5.32 Å². The van der Waals surface area contributed by atoms with Crippen molar-refractivity contribution in [2.24, 2.45) is 0 Å². The van der Waals surface area contributed by atoms with Gasteiger partial charge in [-0.15, -0.1) is 0 Å². The van der Waals surface area contributed by atoms with Crippen molar-refractivity contribution >= 4 is 33.6 Å². The molecule has 0 aliphatic rings. The van der Waals surface area contributed by atoms with Crippen LogP contribution in [0.2, 0.25) is 0 Å². The van der Waals surface area contributed by atoms with Crippen molar-refractivity contribution in [3.63, 3.8) is 0 Å². The van der Waals surface area contributed by atoms with Crippen LogP contribution in [-0.2, 0) is 0 Å². The first-order valence-corrected chi connectivity index (χ1v) is 6.55. The minimum Gasteiger partial charge on any atom is -0.507 e. The number of hydrogen-bond donors (Lipinski definition) is 2. The zero-order valence-corrected chi connectivity index (χ0v) is 11.3. The van der Waals surface area contributed by atoms with Crippen LogP contribution in [-0.4, -0.2) is 28.8 Å². The fraction of sp³-hybridized carbons (Fsp3) is 0.300. The first-order chi connectivity index (χ1) is 8.29. The molecule has 0 aliphatic carbocycles. The summed E-state index contributed by atoms with van der Waals surface area (Å²) in [4.78, 5) is 11.5. The maximum absolute atomic E-state index is 11.8. The second kappa shape index (κ2) is 6.33. The summed E-state index contributed by atoms with van der Waals surface area (Å²) in [5.41, 5.74) is -4.28. The van der Waals surface area contributed by atoms with Crippen LogP contribution in [0.1, 0.15) is 10.4 Å². The lowest BCUT2D eigenvalue weighted by atomic mass is 10.2. The molecule has 8 heteroatoms. The average Bonchev–Trinajstić information content (AvgIpc) is 2.22. The number of carbonyl (C=O) groups is 1. The van der Waals surface area contributed by atoms with Crippen molar-refractivity contribution < 1.29 is 23.1 Å². The Morgan fingerprint density at radius 2 is 2.11 bits per heavy atom. The number of phenols is 1. The van der Waals surface area contributed by atoms with Crippen LogP contribution in [0.4, 0.5) is 13.2 Å². The van der Waals surface area contributed by atoms with Gasteiger partial charge in [0, 0.05) is 16.8 Å². The molecule has 0 heterocycles. The van der Waals surface area contributed by atoms with Crippen molar-refractivity contribution in [2.45, 2.75) is 5.51 Å². The summed E-state index contributed by atoms with van der Waals surface area (Å²) in [6.45, 7) is -0.126. The van der Waals surface area contributed by atoms with Gasteiger partial charge in [0.25, 0.3) is 5.91 Å². The molecule has 3 nitrogen and oxygen atoms in total. The highest BCUT2D eigenvalue weighted by Crippen LogP contribution is 2.29. The van der Waals surface area contributed by atoms with E-state index in [9.17, 15) is 23.1 Å². The van der Waals surface area contributed by atoms with E-state index in [1.807, 2.05) is 0 Å². The summed E-state index contributed by atoms with van der Waals surface area (Å²) in [6.07, 6.45) is 0. The van der Waals surface area contributed by atoms with E-state index in [0.29, 0.717) is 4.47 Å². The number of halogens is 4. The standard InChI is InChI=1S/C10H9BrF3NO2S/c11-6-1-2-7(8(16)5-6)9(17)15-3-4-18-10(12,13)14/h1-2,5,16H,3-4H2,(H,15,17). The number of thioether (sulfide) groups is 1. The van der Waals surface area contributed by atoms with Crippen LogP contribution in [0, 0.1) is 0 Å². The van der Waals surface area contributed by atoms with Crippen LogP contribution in [0.15, 0.2) is 22.7 Å². The third-order valence-corrected chi connectivity index (χ3v) is 3.09. The Morgan fingerprint density at radius 1 is 1.44 bits per heavy atom. The topological polar surface area (TPSA) is 49.3 Å². The van der Waals surface area contributed by atoms with E-state index in [1.54, 1.807) is 6.07 Å². The van der Waals surface area contributed by atoms with E-state index in [2.05, 4.69) is 21.2 Å².